The van der Waals surface area contributed by atoms with Crippen LogP contribution in [0.3, 0.4) is 0 Å². The minimum absolute atomic E-state index is 0.0788. The van der Waals surface area contributed by atoms with Gasteiger partial charge in [-0.1, -0.05) is 12.1 Å². The van der Waals surface area contributed by atoms with E-state index in [1.54, 1.807) is 13.0 Å². The van der Waals surface area contributed by atoms with Crippen LogP contribution in [0.4, 0.5) is 0 Å². The van der Waals surface area contributed by atoms with Crippen molar-refractivity contribution in [3.63, 3.8) is 0 Å². The Kier molecular flexibility index (Phi) is 4.17. The zero-order chi connectivity index (χ0) is 15.1. The number of hydrogen-bond acceptors (Lipinski definition) is 6. The summed E-state index contributed by atoms with van der Waals surface area (Å²) in [5.41, 5.74) is 0.318. The Bertz CT molecular complexity index is 584. The van der Waals surface area contributed by atoms with Gasteiger partial charge in [-0.25, -0.2) is 8.42 Å². The minimum Gasteiger partial charge on any atom is -0.388 e. The lowest BCUT2D eigenvalue weighted by Crippen LogP contribution is -2.34. The average Bonchev–Trinajstić information content (AvgIpc) is 2.65. The summed E-state index contributed by atoms with van der Waals surface area (Å²) in [5.74, 6) is 0. The molecule has 1 aliphatic rings. The lowest BCUT2D eigenvalue weighted by Gasteiger charge is -2.21. The second-order valence-corrected chi connectivity index (χ2v) is 7.09. The zero-order valence-corrected chi connectivity index (χ0v) is 12.0. The molecule has 0 aliphatic carbocycles. The van der Waals surface area contributed by atoms with Gasteiger partial charge in [-0.15, -0.1) is 0 Å². The highest BCUT2D eigenvalue weighted by atomic mass is 32.2. The van der Waals surface area contributed by atoms with Crippen LogP contribution < -0.4 is 0 Å². The van der Waals surface area contributed by atoms with Crippen molar-refractivity contribution in [3.8, 4) is 0 Å². The van der Waals surface area contributed by atoms with Crippen molar-refractivity contribution in [2.24, 2.45) is 0 Å². The standard InChI is InChI=1S/C13H18O6S/c1-7-10(14)12(16)13(19-7)11(15)8-4-3-5-9(6-8)20(2,17)18/h3-7,10-16H,1-2H3. The van der Waals surface area contributed by atoms with E-state index in [9.17, 15) is 23.7 Å². The molecule has 0 saturated carbocycles. The third-order valence-corrected chi connectivity index (χ3v) is 4.59. The summed E-state index contributed by atoms with van der Waals surface area (Å²) in [6.07, 6.45) is -4.02. The van der Waals surface area contributed by atoms with Crippen LogP contribution in [0.1, 0.15) is 18.6 Å². The van der Waals surface area contributed by atoms with Crippen molar-refractivity contribution >= 4 is 9.84 Å². The Morgan fingerprint density at radius 1 is 1.25 bits per heavy atom. The normalized spacial score (nSPS) is 32.2. The first-order valence-corrected chi connectivity index (χ1v) is 8.10. The number of aliphatic hydroxyl groups excluding tert-OH is 3. The summed E-state index contributed by atoms with van der Waals surface area (Å²) in [7, 11) is -3.38. The molecule has 1 aromatic rings. The SMILES string of the molecule is CC1OC(C(O)c2cccc(S(C)(=O)=O)c2)C(O)C1O. The molecule has 5 unspecified atom stereocenters. The van der Waals surface area contributed by atoms with E-state index in [1.807, 2.05) is 0 Å². The predicted octanol–water partition coefficient (Wildman–Crippen LogP) is -0.367. The summed E-state index contributed by atoms with van der Waals surface area (Å²) in [6.45, 7) is 1.59. The molecule has 0 aromatic heterocycles. The summed E-state index contributed by atoms with van der Waals surface area (Å²) >= 11 is 0. The molecule has 0 amide bonds. The molecule has 1 fully saturated rings. The van der Waals surface area contributed by atoms with Gasteiger partial charge in [-0.05, 0) is 24.6 Å². The van der Waals surface area contributed by atoms with Crippen LogP contribution in [0.2, 0.25) is 0 Å². The summed E-state index contributed by atoms with van der Waals surface area (Å²) in [5, 5.41) is 29.7. The molecule has 6 nitrogen and oxygen atoms in total. The van der Waals surface area contributed by atoms with Crippen LogP contribution in [0, 0.1) is 0 Å². The van der Waals surface area contributed by atoms with Gasteiger partial charge in [-0.3, -0.25) is 0 Å². The molecule has 2 rings (SSSR count). The van der Waals surface area contributed by atoms with Crippen LogP contribution in [-0.4, -0.2) is 54.4 Å². The number of hydrogen-bond donors (Lipinski definition) is 3. The molecule has 1 heterocycles. The smallest absolute Gasteiger partial charge is 0.175 e. The van der Waals surface area contributed by atoms with Gasteiger partial charge in [0.05, 0.1) is 11.0 Å². The van der Waals surface area contributed by atoms with E-state index < -0.39 is 40.4 Å². The molecule has 0 radical (unpaired) electrons. The number of benzene rings is 1. The number of rotatable bonds is 3. The molecule has 7 heteroatoms. The highest BCUT2D eigenvalue weighted by molar-refractivity contribution is 7.90. The van der Waals surface area contributed by atoms with E-state index in [4.69, 9.17) is 4.74 Å². The highest BCUT2D eigenvalue weighted by Crippen LogP contribution is 2.31. The van der Waals surface area contributed by atoms with E-state index in [1.165, 1.54) is 18.2 Å². The van der Waals surface area contributed by atoms with Crippen LogP contribution in [-0.2, 0) is 14.6 Å². The van der Waals surface area contributed by atoms with Crippen molar-refractivity contribution in [2.75, 3.05) is 6.26 Å². The first kappa shape index (κ1) is 15.4. The maximum Gasteiger partial charge on any atom is 0.175 e. The summed E-state index contributed by atoms with van der Waals surface area (Å²) in [6, 6.07) is 5.82. The van der Waals surface area contributed by atoms with Gasteiger partial charge < -0.3 is 20.1 Å². The molecular weight excluding hydrogens is 284 g/mol. The lowest BCUT2D eigenvalue weighted by molar-refractivity contribution is -0.0636. The van der Waals surface area contributed by atoms with Gasteiger partial charge in [-0.2, -0.15) is 0 Å². The third kappa shape index (κ3) is 2.87. The molecule has 112 valence electrons. The number of aliphatic hydroxyl groups is 3. The first-order chi connectivity index (χ1) is 9.21. The Morgan fingerprint density at radius 2 is 1.90 bits per heavy atom. The van der Waals surface area contributed by atoms with Crippen LogP contribution in [0.25, 0.3) is 0 Å². The van der Waals surface area contributed by atoms with Gasteiger partial charge in [0.25, 0.3) is 0 Å². The molecular formula is C13H18O6S. The fraction of sp³-hybridized carbons (Fsp3) is 0.538. The van der Waals surface area contributed by atoms with Crippen LogP contribution in [0.15, 0.2) is 29.2 Å². The van der Waals surface area contributed by atoms with E-state index in [0.29, 0.717) is 5.56 Å². The number of ether oxygens (including phenoxy) is 1. The largest absolute Gasteiger partial charge is 0.388 e. The maximum atomic E-state index is 11.5. The Balaban J connectivity index is 2.28. The van der Waals surface area contributed by atoms with Crippen LogP contribution in [0.5, 0.6) is 0 Å². The molecule has 0 bridgehead atoms. The van der Waals surface area contributed by atoms with Crippen molar-refractivity contribution < 1.29 is 28.5 Å². The fourth-order valence-corrected chi connectivity index (χ4v) is 2.94. The Labute approximate surface area is 117 Å². The van der Waals surface area contributed by atoms with E-state index >= 15 is 0 Å². The van der Waals surface area contributed by atoms with E-state index in [2.05, 4.69) is 0 Å². The second kappa shape index (κ2) is 5.42. The summed E-state index contributed by atoms with van der Waals surface area (Å²) < 4.78 is 28.3. The quantitative estimate of drug-likeness (QED) is 0.704. The molecule has 3 N–H and O–H groups in total. The lowest BCUT2D eigenvalue weighted by atomic mass is 9.99. The van der Waals surface area contributed by atoms with Crippen molar-refractivity contribution in [1.82, 2.24) is 0 Å². The van der Waals surface area contributed by atoms with Crippen molar-refractivity contribution in [3.05, 3.63) is 29.8 Å². The first-order valence-electron chi connectivity index (χ1n) is 6.21. The number of sulfone groups is 1. The van der Waals surface area contributed by atoms with Crippen molar-refractivity contribution in [1.29, 1.82) is 0 Å². The van der Waals surface area contributed by atoms with E-state index in [-0.39, 0.29) is 4.90 Å². The third-order valence-electron chi connectivity index (χ3n) is 3.48. The molecule has 1 saturated heterocycles. The second-order valence-electron chi connectivity index (χ2n) is 5.08. The topological polar surface area (TPSA) is 104 Å². The monoisotopic (exact) mass is 302 g/mol. The molecule has 1 aliphatic heterocycles. The van der Waals surface area contributed by atoms with Gasteiger partial charge >= 0.3 is 0 Å². The minimum atomic E-state index is -3.38. The molecule has 5 atom stereocenters. The molecule has 0 spiro atoms. The van der Waals surface area contributed by atoms with Gasteiger partial charge in [0, 0.05) is 6.26 Å². The van der Waals surface area contributed by atoms with Gasteiger partial charge in [0.1, 0.15) is 24.4 Å². The Morgan fingerprint density at radius 3 is 2.40 bits per heavy atom. The average molecular weight is 302 g/mol. The predicted molar refractivity (Wildman–Crippen MR) is 70.9 cm³/mol. The van der Waals surface area contributed by atoms with E-state index in [0.717, 1.165) is 6.26 Å². The van der Waals surface area contributed by atoms with Gasteiger partial charge in [0.2, 0.25) is 0 Å². The summed E-state index contributed by atoms with van der Waals surface area (Å²) in [4.78, 5) is 0.0788. The zero-order valence-electron chi connectivity index (χ0n) is 11.2. The maximum absolute atomic E-state index is 11.5. The fourth-order valence-electron chi connectivity index (χ4n) is 2.26. The van der Waals surface area contributed by atoms with Gasteiger partial charge in [0.15, 0.2) is 9.84 Å². The van der Waals surface area contributed by atoms with Crippen LogP contribution >= 0.6 is 0 Å². The Hall–Kier alpha value is -0.990. The molecule has 20 heavy (non-hydrogen) atoms. The molecule has 1 aromatic carbocycles. The highest BCUT2D eigenvalue weighted by Gasteiger charge is 2.44. The van der Waals surface area contributed by atoms with Crippen molar-refractivity contribution in [2.45, 2.75) is 42.3 Å².